The van der Waals surface area contributed by atoms with Crippen molar-refractivity contribution in [2.75, 3.05) is 5.73 Å². The van der Waals surface area contributed by atoms with Crippen LogP contribution in [0.25, 0.3) is 60.7 Å². The molecule has 37 heavy (non-hydrogen) atoms. The highest BCUT2D eigenvalue weighted by Crippen LogP contribution is 2.43. The molecule has 4 aromatic carbocycles. The van der Waals surface area contributed by atoms with Crippen LogP contribution in [0.5, 0.6) is 0 Å². The fourth-order valence-corrected chi connectivity index (χ4v) is 5.28. The molecule has 2 N–H and O–H groups in total. The van der Waals surface area contributed by atoms with Gasteiger partial charge in [-0.05, 0) is 55.0 Å². The van der Waals surface area contributed by atoms with Crippen molar-refractivity contribution in [1.29, 1.82) is 0 Å². The number of nitrogens with two attached hydrogens (primary N) is 1. The number of nitrogens with zero attached hydrogens (tertiary/aromatic N) is 2. The van der Waals surface area contributed by atoms with E-state index in [1.54, 1.807) is 0 Å². The molecule has 0 aliphatic heterocycles. The molecule has 0 amide bonds. The second-order valence-corrected chi connectivity index (χ2v) is 9.40. The highest BCUT2D eigenvalue weighted by atomic mass is 16.3. The fraction of sp³-hybridized carbons (Fsp3) is 0.121. The fourth-order valence-electron chi connectivity index (χ4n) is 5.28. The summed E-state index contributed by atoms with van der Waals surface area (Å²) in [5.74, 6) is 0. The Morgan fingerprint density at radius 1 is 0.730 bits per heavy atom. The number of benzene rings is 4. The molecule has 0 aliphatic carbocycles. The number of rotatable bonds is 2. The molecule has 0 saturated carbocycles. The van der Waals surface area contributed by atoms with Crippen molar-refractivity contribution in [2.24, 2.45) is 0 Å². The van der Waals surface area contributed by atoms with E-state index < -0.39 is 0 Å². The number of para-hydroxylation sites is 2. The Morgan fingerprint density at radius 3 is 2.30 bits per heavy atom. The first-order valence-electron chi connectivity index (χ1n) is 12.8. The van der Waals surface area contributed by atoms with Crippen LogP contribution in [-0.4, -0.2) is 9.55 Å². The number of fused-ring (bicyclic) bond motifs is 7. The number of anilines is 1. The van der Waals surface area contributed by atoms with Crippen molar-refractivity contribution in [1.82, 2.24) is 9.55 Å². The van der Waals surface area contributed by atoms with Crippen LogP contribution in [-0.2, 0) is 0 Å². The number of nitrogen functional groups attached to an aromatic ring is 1. The maximum absolute atomic E-state index is 6.60. The average Bonchev–Trinajstić information content (AvgIpc) is 3.45. The molecule has 0 spiro atoms. The van der Waals surface area contributed by atoms with Gasteiger partial charge in [0.05, 0.1) is 22.4 Å². The smallest absolute Gasteiger partial charge is 0.136 e. The summed E-state index contributed by atoms with van der Waals surface area (Å²) in [6.45, 7) is 6.32. The van der Waals surface area contributed by atoms with Gasteiger partial charge in [0, 0.05) is 39.0 Å². The van der Waals surface area contributed by atoms with E-state index in [0.717, 1.165) is 55.5 Å². The number of hydrogen-bond donors (Lipinski definition) is 1. The summed E-state index contributed by atoms with van der Waals surface area (Å²) >= 11 is 0. The zero-order valence-corrected chi connectivity index (χ0v) is 21.3. The molecule has 4 nitrogen and oxygen atoms in total. The molecule has 0 fully saturated rings. The number of pyridine rings is 1. The summed E-state index contributed by atoms with van der Waals surface area (Å²) in [7, 11) is 0. The van der Waals surface area contributed by atoms with Crippen molar-refractivity contribution in [3.8, 4) is 16.9 Å². The summed E-state index contributed by atoms with van der Waals surface area (Å²) in [6.07, 6.45) is 3.07. The van der Waals surface area contributed by atoms with Crippen LogP contribution in [0.4, 0.5) is 5.69 Å². The highest BCUT2D eigenvalue weighted by Gasteiger charge is 2.21. The van der Waals surface area contributed by atoms with Gasteiger partial charge in [-0.3, -0.25) is 4.98 Å². The molecule has 4 heteroatoms. The van der Waals surface area contributed by atoms with Crippen LogP contribution in [0.3, 0.4) is 0 Å². The van der Waals surface area contributed by atoms with Crippen molar-refractivity contribution in [3.05, 3.63) is 103 Å². The van der Waals surface area contributed by atoms with Gasteiger partial charge in [0.15, 0.2) is 0 Å². The van der Waals surface area contributed by atoms with Crippen molar-refractivity contribution in [2.45, 2.75) is 27.2 Å². The first-order chi connectivity index (χ1) is 18.1. The largest absolute Gasteiger partial charge is 0.456 e. The first-order valence-corrected chi connectivity index (χ1v) is 12.8. The molecular formula is C33H29N3O. The third-order valence-electron chi connectivity index (χ3n) is 6.74. The van der Waals surface area contributed by atoms with E-state index in [-0.39, 0.29) is 0 Å². The maximum Gasteiger partial charge on any atom is 0.136 e. The van der Waals surface area contributed by atoms with Gasteiger partial charge in [0.1, 0.15) is 11.2 Å². The van der Waals surface area contributed by atoms with E-state index in [0.29, 0.717) is 5.69 Å². The van der Waals surface area contributed by atoms with Crippen molar-refractivity contribution >= 4 is 49.4 Å². The van der Waals surface area contributed by atoms with Crippen LogP contribution in [0.1, 0.15) is 25.8 Å². The lowest BCUT2D eigenvalue weighted by atomic mass is 10.0. The number of aryl methyl sites for hydroxylation is 1. The van der Waals surface area contributed by atoms with E-state index >= 15 is 0 Å². The molecule has 0 aliphatic rings. The SMILES string of the molecule is CCC.Cc1cccnc1-c1c(N)cccc1-n1c2ccccc2c2c3c(ccc21)oc1ccccc13. The van der Waals surface area contributed by atoms with Gasteiger partial charge in [0.2, 0.25) is 0 Å². The van der Waals surface area contributed by atoms with E-state index in [9.17, 15) is 0 Å². The van der Waals surface area contributed by atoms with Crippen LogP contribution < -0.4 is 5.73 Å². The van der Waals surface area contributed by atoms with Crippen LogP contribution >= 0.6 is 0 Å². The molecule has 0 saturated heterocycles. The van der Waals surface area contributed by atoms with Crippen LogP contribution in [0, 0.1) is 6.92 Å². The van der Waals surface area contributed by atoms with Gasteiger partial charge >= 0.3 is 0 Å². The monoisotopic (exact) mass is 483 g/mol. The summed E-state index contributed by atoms with van der Waals surface area (Å²) in [4.78, 5) is 4.71. The first kappa shape index (κ1) is 22.9. The van der Waals surface area contributed by atoms with Gasteiger partial charge in [-0.15, -0.1) is 0 Å². The Balaban J connectivity index is 0.000000804. The molecule has 0 unspecified atom stereocenters. The minimum absolute atomic E-state index is 0.708. The van der Waals surface area contributed by atoms with Crippen molar-refractivity contribution < 1.29 is 4.42 Å². The number of furan rings is 1. The zero-order valence-electron chi connectivity index (χ0n) is 21.3. The third kappa shape index (κ3) is 3.56. The summed E-state index contributed by atoms with van der Waals surface area (Å²) in [5.41, 5.74) is 15.3. The number of aromatic nitrogens is 2. The second kappa shape index (κ2) is 9.14. The van der Waals surface area contributed by atoms with Gasteiger partial charge in [0.25, 0.3) is 0 Å². The molecular weight excluding hydrogens is 454 g/mol. The molecule has 7 aromatic rings. The molecule has 0 radical (unpaired) electrons. The van der Waals surface area contributed by atoms with Crippen LogP contribution in [0.15, 0.2) is 102 Å². The predicted octanol–water partition coefficient (Wildman–Crippen LogP) is 9.05. The lowest BCUT2D eigenvalue weighted by molar-refractivity contribution is 0.669. The Bertz CT molecular complexity index is 1910. The summed E-state index contributed by atoms with van der Waals surface area (Å²) in [5, 5.41) is 4.63. The summed E-state index contributed by atoms with van der Waals surface area (Å²) in [6, 6.07) is 31.1. The highest BCUT2D eigenvalue weighted by molar-refractivity contribution is 6.27. The van der Waals surface area contributed by atoms with Crippen molar-refractivity contribution in [3.63, 3.8) is 0 Å². The van der Waals surface area contributed by atoms with Gasteiger partial charge in [-0.2, -0.15) is 0 Å². The third-order valence-corrected chi connectivity index (χ3v) is 6.74. The Morgan fingerprint density at radius 2 is 1.49 bits per heavy atom. The van der Waals surface area contributed by atoms with Gasteiger partial charge < -0.3 is 14.7 Å². The second-order valence-electron chi connectivity index (χ2n) is 9.40. The summed E-state index contributed by atoms with van der Waals surface area (Å²) < 4.78 is 8.52. The molecule has 7 rings (SSSR count). The van der Waals surface area contributed by atoms with Gasteiger partial charge in [-0.25, -0.2) is 0 Å². The van der Waals surface area contributed by atoms with Crippen LogP contribution in [0.2, 0.25) is 0 Å². The minimum Gasteiger partial charge on any atom is -0.456 e. The van der Waals surface area contributed by atoms with E-state index in [1.807, 2.05) is 36.5 Å². The number of hydrogen-bond acceptors (Lipinski definition) is 3. The lowest BCUT2D eigenvalue weighted by Crippen LogP contribution is -2.02. The Kier molecular flexibility index (Phi) is 5.65. The lowest BCUT2D eigenvalue weighted by Gasteiger charge is -2.16. The molecule has 3 heterocycles. The minimum atomic E-state index is 0.708. The standard InChI is InChI=1S/C30H21N3O.C3H8/c1-18-8-7-17-32-30(18)29-21(31)11-6-13-23(29)33-22-12-4-2-9-19(22)27-24(33)15-16-26-28(27)20-10-3-5-14-25(20)34-26;1-3-2/h2-17H,31H2,1H3;3H2,1-2H3. The maximum atomic E-state index is 6.60. The van der Waals surface area contributed by atoms with Gasteiger partial charge in [-0.1, -0.05) is 68.8 Å². The Hall–Kier alpha value is -4.57. The van der Waals surface area contributed by atoms with E-state index in [1.165, 1.54) is 17.2 Å². The van der Waals surface area contributed by atoms with E-state index in [2.05, 4.69) is 86.0 Å². The predicted molar refractivity (Wildman–Crippen MR) is 156 cm³/mol. The topological polar surface area (TPSA) is 57.0 Å². The zero-order chi connectivity index (χ0) is 25.5. The molecule has 0 atom stereocenters. The van der Waals surface area contributed by atoms with E-state index in [4.69, 9.17) is 15.1 Å². The normalized spacial score (nSPS) is 11.3. The average molecular weight is 484 g/mol. The quantitative estimate of drug-likeness (QED) is 0.250. The molecule has 3 aromatic heterocycles. The molecule has 182 valence electrons. The Labute approximate surface area is 216 Å². The molecule has 0 bridgehead atoms.